The molecule has 1 heterocycles. The van der Waals surface area contributed by atoms with Crippen LogP contribution in [0.4, 0.5) is 0 Å². The molecule has 0 fully saturated rings. The first-order valence-electron chi connectivity index (χ1n) is 19.1. The van der Waals surface area contributed by atoms with E-state index in [1.54, 1.807) is 12.1 Å². The van der Waals surface area contributed by atoms with E-state index in [-0.39, 0.29) is 18.1 Å². The SMILES string of the molecule is CCCCCC1(OCc2ccccc2)c2c(OCc3ccccc3)cc(OCc3ccccc3)cc2O[C@H](c2ccc(O)c(O)c2)[C@@H]1OCc1ccccc1. The van der Waals surface area contributed by atoms with Crippen LogP contribution in [0.2, 0.25) is 0 Å². The number of rotatable bonds is 17. The third-order valence-corrected chi connectivity index (χ3v) is 10.0. The van der Waals surface area contributed by atoms with Crippen molar-refractivity contribution < 1.29 is 33.9 Å². The summed E-state index contributed by atoms with van der Waals surface area (Å²) < 4.78 is 34.8. The highest BCUT2D eigenvalue weighted by Gasteiger charge is 2.54. The molecule has 1 unspecified atom stereocenters. The fourth-order valence-corrected chi connectivity index (χ4v) is 7.19. The van der Waals surface area contributed by atoms with Gasteiger partial charge in [-0.1, -0.05) is 154 Å². The van der Waals surface area contributed by atoms with Crippen molar-refractivity contribution in [2.24, 2.45) is 0 Å². The summed E-state index contributed by atoms with van der Waals surface area (Å²) in [5.41, 5.74) is 4.33. The van der Waals surface area contributed by atoms with Crippen LogP contribution in [0, 0.1) is 0 Å². The summed E-state index contributed by atoms with van der Waals surface area (Å²) in [6.45, 7) is 3.43. The summed E-state index contributed by atoms with van der Waals surface area (Å²) in [5.74, 6) is 1.23. The minimum absolute atomic E-state index is 0.218. The first kappa shape index (κ1) is 37.6. The van der Waals surface area contributed by atoms with Gasteiger partial charge < -0.3 is 33.9 Å². The highest BCUT2D eigenvalue weighted by Crippen LogP contribution is 2.56. The Labute approximate surface area is 323 Å². The van der Waals surface area contributed by atoms with Crippen LogP contribution in [0.25, 0.3) is 0 Å². The van der Waals surface area contributed by atoms with Gasteiger partial charge in [0.15, 0.2) is 17.6 Å². The van der Waals surface area contributed by atoms with Gasteiger partial charge in [-0.05, 0) is 46.4 Å². The fraction of sp³-hybridized carbons (Fsp3) is 0.250. The van der Waals surface area contributed by atoms with Crippen LogP contribution >= 0.6 is 0 Å². The normalized spacial score (nSPS) is 17.5. The van der Waals surface area contributed by atoms with Crippen molar-refractivity contribution in [3.05, 3.63) is 185 Å². The molecule has 0 bridgehead atoms. The van der Waals surface area contributed by atoms with Gasteiger partial charge >= 0.3 is 0 Å². The zero-order chi connectivity index (χ0) is 37.9. The molecular weight excluding hydrogens is 689 g/mol. The highest BCUT2D eigenvalue weighted by atomic mass is 16.6. The predicted octanol–water partition coefficient (Wildman–Crippen LogP) is 11.0. The molecule has 1 aliphatic rings. The van der Waals surface area contributed by atoms with E-state index < -0.39 is 17.8 Å². The Balaban J connectivity index is 1.42. The molecule has 1 aliphatic heterocycles. The summed E-state index contributed by atoms with van der Waals surface area (Å²) in [6, 6.07) is 48.9. The van der Waals surface area contributed by atoms with E-state index in [1.165, 1.54) is 6.07 Å². The third kappa shape index (κ3) is 9.14. The van der Waals surface area contributed by atoms with Crippen LogP contribution in [0.15, 0.2) is 152 Å². The molecule has 0 aliphatic carbocycles. The smallest absolute Gasteiger partial charge is 0.157 e. The third-order valence-electron chi connectivity index (χ3n) is 10.0. The summed E-state index contributed by atoms with van der Waals surface area (Å²) >= 11 is 0. The minimum Gasteiger partial charge on any atom is -0.504 e. The predicted molar refractivity (Wildman–Crippen MR) is 213 cm³/mol. The Hall–Kier alpha value is -5.76. The van der Waals surface area contributed by atoms with Crippen molar-refractivity contribution in [1.29, 1.82) is 0 Å². The largest absolute Gasteiger partial charge is 0.504 e. The van der Waals surface area contributed by atoms with Crippen molar-refractivity contribution in [2.75, 3.05) is 0 Å². The second-order valence-electron chi connectivity index (χ2n) is 14.0. The quantitative estimate of drug-likeness (QED) is 0.0712. The lowest BCUT2D eigenvalue weighted by Crippen LogP contribution is -2.51. The maximum absolute atomic E-state index is 10.8. The summed E-state index contributed by atoms with van der Waals surface area (Å²) in [7, 11) is 0. The Morgan fingerprint density at radius 3 is 1.73 bits per heavy atom. The molecule has 0 spiro atoms. The van der Waals surface area contributed by atoms with E-state index in [9.17, 15) is 10.2 Å². The van der Waals surface area contributed by atoms with Gasteiger partial charge in [0.1, 0.15) is 42.2 Å². The van der Waals surface area contributed by atoms with Gasteiger partial charge in [-0.15, -0.1) is 0 Å². The number of hydrogen-bond donors (Lipinski definition) is 2. The highest BCUT2D eigenvalue weighted by molar-refractivity contribution is 5.57. The maximum Gasteiger partial charge on any atom is 0.157 e. The standard InChI is InChI=1S/C48H48O7/c1-2-3-16-27-48(54-34-38-23-14-7-15-24-38)45-43(52-32-36-19-10-5-11-20-36)29-40(51-31-35-17-8-4-9-18-35)30-44(45)55-46(39-25-26-41(49)42(50)28-39)47(48)53-33-37-21-12-6-13-22-37/h4-15,17-26,28-30,46-47,49-50H,2-3,16,27,31-34H2,1H3/t46-,47+,48?/m1/s1. The Morgan fingerprint density at radius 2 is 1.15 bits per heavy atom. The van der Waals surface area contributed by atoms with Crippen molar-refractivity contribution in [3.8, 4) is 28.7 Å². The second kappa shape index (κ2) is 18.0. The number of benzene rings is 6. The van der Waals surface area contributed by atoms with E-state index in [0.29, 0.717) is 49.1 Å². The molecule has 7 nitrogen and oxygen atoms in total. The first-order valence-corrected chi connectivity index (χ1v) is 19.1. The lowest BCUT2D eigenvalue weighted by molar-refractivity contribution is -0.211. The molecular formula is C48H48O7. The summed E-state index contributed by atoms with van der Waals surface area (Å²) in [6.07, 6.45) is 1.93. The van der Waals surface area contributed by atoms with Gasteiger partial charge in [-0.2, -0.15) is 0 Å². The molecule has 3 atom stereocenters. The van der Waals surface area contributed by atoms with Gasteiger partial charge in [0.25, 0.3) is 0 Å². The zero-order valence-corrected chi connectivity index (χ0v) is 31.2. The van der Waals surface area contributed by atoms with E-state index in [1.807, 2.05) is 121 Å². The van der Waals surface area contributed by atoms with Crippen LogP contribution in [0.1, 0.15) is 72.1 Å². The van der Waals surface area contributed by atoms with E-state index in [4.69, 9.17) is 23.7 Å². The first-order chi connectivity index (χ1) is 27.0. The molecule has 7 heteroatoms. The summed E-state index contributed by atoms with van der Waals surface area (Å²) in [5, 5.41) is 21.2. The number of phenolic OH excluding ortho intramolecular Hbond substituents is 2. The molecule has 282 valence electrons. The fourth-order valence-electron chi connectivity index (χ4n) is 7.19. The van der Waals surface area contributed by atoms with Gasteiger partial charge in [-0.25, -0.2) is 0 Å². The Kier molecular flexibility index (Phi) is 12.3. The zero-order valence-electron chi connectivity index (χ0n) is 31.2. The Bertz CT molecular complexity index is 2090. The number of fused-ring (bicyclic) bond motifs is 1. The molecule has 2 N–H and O–H groups in total. The van der Waals surface area contributed by atoms with E-state index in [0.717, 1.165) is 47.1 Å². The number of unbranched alkanes of at least 4 members (excludes halogenated alkanes) is 2. The molecule has 0 aromatic heterocycles. The van der Waals surface area contributed by atoms with Crippen molar-refractivity contribution in [1.82, 2.24) is 0 Å². The second-order valence-corrected chi connectivity index (χ2v) is 14.0. The number of ether oxygens (including phenoxy) is 5. The molecule has 0 amide bonds. The van der Waals surface area contributed by atoms with Gasteiger partial charge in [0, 0.05) is 12.1 Å². The van der Waals surface area contributed by atoms with Crippen LogP contribution in [-0.4, -0.2) is 16.3 Å². The van der Waals surface area contributed by atoms with Crippen molar-refractivity contribution in [3.63, 3.8) is 0 Å². The minimum atomic E-state index is -1.10. The van der Waals surface area contributed by atoms with Gasteiger partial charge in [0.2, 0.25) is 0 Å². The van der Waals surface area contributed by atoms with Gasteiger partial charge in [-0.3, -0.25) is 0 Å². The average Bonchev–Trinajstić information content (AvgIpc) is 3.23. The lowest BCUT2D eigenvalue weighted by atomic mass is 9.76. The van der Waals surface area contributed by atoms with E-state index in [2.05, 4.69) is 19.1 Å². The molecule has 6 aromatic carbocycles. The molecule has 0 saturated carbocycles. The molecule has 0 radical (unpaired) electrons. The number of aromatic hydroxyl groups is 2. The van der Waals surface area contributed by atoms with Crippen molar-refractivity contribution in [2.45, 2.75) is 76.8 Å². The van der Waals surface area contributed by atoms with Crippen LogP contribution in [-0.2, 0) is 41.5 Å². The van der Waals surface area contributed by atoms with Crippen LogP contribution in [0.3, 0.4) is 0 Å². The van der Waals surface area contributed by atoms with Crippen LogP contribution in [0.5, 0.6) is 28.7 Å². The molecule has 7 rings (SSSR count). The summed E-state index contributed by atoms with van der Waals surface area (Å²) in [4.78, 5) is 0. The van der Waals surface area contributed by atoms with E-state index >= 15 is 0 Å². The lowest BCUT2D eigenvalue weighted by Gasteiger charge is -2.49. The van der Waals surface area contributed by atoms with Gasteiger partial charge in [0.05, 0.1) is 18.8 Å². The Morgan fingerprint density at radius 1 is 0.582 bits per heavy atom. The maximum atomic E-state index is 10.8. The number of phenols is 2. The topological polar surface area (TPSA) is 86.6 Å². The molecule has 6 aromatic rings. The monoisotopic (exact) mass is 736 g/mol. The van der Waals surface area contributed by atoms with Crippen molar-refractivity contribution >= 4 is 0 Å². The molecule has 55 heavy (non-hydrogen) atoms. The average molecular weight is 737 g/mol. The van der Waals surface area contributed by atoms with Crippen LogP contribution < -0.4 is 14.2 Å². The number of hydrogen-bond acceptors (Lipinski definition) is 7. The molecule has 0 saturated heterocycles.